The number of nitrogens with zero attached hydrogens (tertiary/aromatic N) is 2. The maximum absolute atomic E-state index is 13.2. The van der Waals surface area contributed by atoms with Crippen molar-refractivity contribution in [1.29, 1.82) is 0 Å². The van der Waals surface area contributed by atoms with Crippen molar-refractivity contribution in [3.05, 3.63) is 74.9 Å². The number of nitrogens with one attached hydrogen (secondary N) is 1. The minimum absolute atomic E-state index is 0.242. The van der Waals surface area contributed by atoms with E-state index in [1.165, 1.54) is 18.2 Å². The van der Waals surface area contributed by atoms with Crippen LogP contribution in [0.3, 0.4) is 0 Å². The molecule has 0 radical (unpaired) electrons. The number of halogens is 3. The van der Waals surface area contributed by atoms with Crippen molar-refractivity contribution in [1.82, 2.24) is 9.13 Å². The van der Waals surface area contributed by atoms with E-state index in [-0.39, 0.29) is 10.9 Å². The summed E-state index contributed by atoms with van der Waals surface area (Å²) in [6.45, 7) is 2.99. The van der Waals surface area contributed by atoms with Gasteiger partial charge in [0, 0.05) is 6.04 Å². The Kier molecular flexibility index (Phi) is 5.82. The molecule has 158 valence electrons. The topological polar surface area (TPSA) is 73.1 Å². The molecule has 2 aromatic carbocycles. The first kappa shape index (κ1) is 21.4. The quantitative estimate of drug-likeness (QED) is 0.684. The fraction of sp³-hybridized carbons (Fsp3) is 0.286. The highest BCUT2D eigenvalue weighted by Crippen LogP contribution is 2.34. The van der Waals surface area contributed by atoms with E-state index in [2.05, 4.69) is 5.32 Å². The average Bonchev–Trinajstić information content (AvgIpc) is 2.70. The van der Waals surface area contributed by atoms with Gasteiger partial charge in [0.2, 0.25) is 5.91 Å². The third kappa shape index (κ3) is 4.00. The number of carbonyl (C=O) groups excluding carboxylic acids is 1. The molecule has 0 aliphatic heterocycles. The molecule has 3 rings (SSSR count). The molecule has 0 aliphatic rings. The second-order valence-corrected chi connectivity index (χ2v) is 6.91. The molecule has 1 aromatic heterocycles. The highest BCUT2D eigenvalue weighted by Gasteiger charge is 2.33. The fourth-order valence-electron chi connectivity index (χ4n) is 3.24. The number of hydrogen-bond donors (Lipinski definition) is 1. The van der Waals surface area contributed by atoms with Crippen LogP contribution in [0.25, 0.3) is 10.9 Å². The lowest BCUT2D eigenvalue weighted by molar-refractivity contribution is -0.137. The predicted molar refractivity (Wildman–Crippen MR) is 108 cm³/mol. The lowest BCUT2D eigenvalue weighted by atomic mass is 10.1. The smallest absolute Gasteiger partial charge is 0.324 e. The van der Waals surface area contributed by atoms with E-state index >= 15 is 0 Å². The van der Waals surface area contributed by atoms with Crippen LogP contribution in [-0.4, -0.2) is 15.0 Å². The molecule has 0 saturated heterocycles. The van der Waals surface area contributed by atoms with E-state index in [0.29, 0.717) is 6.42 Å². The van der Waals surface area contributed by atoms with E-state index < -0.39 is 47.2 Å². The third-order valence-electron chi connectivity index (χ3n) is 4.92. The number of amides is 1. The van der Waals surface area contributed by atoms with Crippen LogP contribution in [0, 0.1) is 0 Å². The molecule has 9 heteroatoms. The second kappa shape index (κ2) is 8.17. The third-order valence-corrected chi connectivity index (χ3v) is 4.92. The van der Waals surface area contributed by atoms with Gasteiger partial charge in [0.15, 0.2) is 0 Å². The fourth-order valence-corrected chi connectivity index (χ4v) is 3.24. The summed E-state index contributed by atoms with van der Waals surface area (Å²) in [5.74, 6) is -0.812. The van der Waals surface area contributed by atoms with Gasteiger partial charge in [-0.2, -0.15) is 13.2 Å². The average molecular weight is 419 g/mol. The van der Waals surface area contributed by atoms with Crippen LogP contribution >= 0.6 is 0 Å². The van der Waals surface area contributed by atoms with Gasteiger partial charge in [-0.3, -0.25) is 18.7 Å². The lowest BCUT2D eigenvalue weighted by Gasteiger charge is -2.18. The number of benzene rings is 2. The Morgan fingerprint density at radius 3 is 2.37 bits per heavy atom. The van der Waals surface area contributed by atoms with Crippen molar-refractivity contribution in [2.24, 2.45) is 0 Å². The van der Waals surface area contributed by atoms with Crippen molar-refractivity contribution < 1.29 is 18.0 Å². The van der Waals surface area contributed by atoms with Gasteiger partial charge in [-0.15, -0.1) is 0 Å². The Bertz CT molecular complexity index is 1210. The number of aromatic nitrogens is 2. The number of carbonyl (C=O) groups is 1. The van der Waals surface area contributed by atoms with Crippen LogP contribution in [0.2, 0.25) is 0 Å². The van der Waals surface area contributed by atoms with Gasteiger partial charge in [-0.1, -0.05) is 31.2 Å². The van der Waals surface area contributed by atoms with Crippen molar-refractivity contribution in [2.75, 3.05) is 5.32 Å². The molecule has 0 saturated carbocycles. The molecule has 1 heterocycles. The van der Waals surface area contributed by atoms with Gasteiger partial charge >= 0.3 is 11.9 Å². The summed E-state index contributed by atoms with van der Waals surface area (Å²) in [5, 5.41) is 2.48. The Balaban J connectivity index is 2.06. The molecular weight excluding hydrogens is 399 g/mol. The molecule has 0 bridgehead atoms. The molecule has 0 fully saturated rings. The highest BCUT2D eigenvalue weighted by atomic mass is 19.4. The highest BCUT2D eigenvalue weighted by molar-refractivity contribution is 5.92. The van der Waals surface area contributed by atoms with Crippen LogP contribution < -0.4 is 16.6 Å². The van der Waals surface area contributed by atoms with Gasteiger partial charge in [-0.25, -0.2) is 4.79 Å². The van der Waals surface area contributed by atoms with Crippen molar-refractivity contribution in [2.45, 2.75) is 39.0 Å². The molecule has 0 unspecified atom stereocenters. The summed E-state index contributed by atoms with van der Waals surface area (Å²) in [6.07, 6.45) is -4.13. The predicted octanol–water partition coefficient (Wildman–Crippen LogP) is 3.79. The number of hydrogen-bond acceptors (Lipinski definition) is 3. The van der Waals surface area contributed by atoms with Gasteiger partial charge in [0.25, 0.3) is 5.56 Å². The van der Waals surface area contributed by atoms with E-state index in [0.717, 1.165) is 21.3 Å². The van der Waals surface area contributed by atoms with Crippen LogP contribution in [0.4, 0.5) is 18.9 Å². The van der Waals surface area contributed by atoms with E-state index in [9.17, 15) is 27.6 Å². The SMILES string of the molecule is CC[C@H](C)n1c(=O)c2ccccc2n(CC(=O)Nc2ccccc2C(F)(F)F)c1=O. The summed E-state index contributed by atoms with van der Waals surface area (Å²) in [5.41, 5.74) is -2.30. The molecule has 30 heavy (non-hydrogen) atoms. The summed E-state index contributed by atoms with van der Waals surface area (Å²) in [7, 11) is 0. The number of alkyl halides is 3. The zero-order valence-corrected chi connectivity index (χ0v) is 16.4. The van der Waals surface area contributed by atoms with Crippen LogP contribution in [0.15, 0.2) is 58.1 Å². The Morgan fingerprint density at radius 1 is 1.07 bits per heavy atom. The second-order valence-electron chi connectivity index (χ2n) is 6.91. The van der Waals surface area contributed by atoms with E-state index in [4.69, 9.17) is 0 Å². The summed E-state index contributed by atoms with van der Waals surface area (Å²) in [4.78, 5) is 38.3. The zero-order chi connectivity index (χ0) is 22.1. The van der Waals surface area contributed by atoms with Gasteiger partial charge < -0.3 is 5.32 Å². The van der Waals surface area contributed by atoms with E-state index in [1.54, 1.807) is 25.1 Å². The minimum Gasteiger partial charge on any atom is -0.324 e. The standard InChI is InChI=1S/C21H20F3N3O3/c1-3-13(2)27-19(29)14-8-4-7-11-17(14)26(20(27)30)12-18(28)25-16-10-6-5-9-15(16)21(22,23)24/h4-11,13H,3,12H2,1-2H3,(H,25,28)/t13-/m0/s1. The van der Waals surface area contributed by atoms with Gasteiger partial charge in [0.05, 0.1) is 22.2 Å². The first-order valence-corrected chi connectivity index (χ1v) is 9.35. The van der Waals surface area contributed by atoms with Crippen molar-refractivity contribution >= 4 is 22.5 Å². The first-order chi connectivity index (χ1) is 14.1. The van der Waals surface area contributed by atoms with Crippen LogP contribution in [0.1, 0.15) is 31.9 Å². The normalized spacial score (nSPS) is 12.7. The lowest BCUT2D eigenvalue weighted by Crippen LogP contribution is -2.43. The monoisotopic (exact) mass is 419 g/mol. The number of rotatable bonds is 5. The number of anilines is 1. The molecule has 1 N–H and O–H groups in total. The largest absolute Gasteiger partial charge is 0.418 e. The number of para-hydroxylation sites is 2. The summed E-state index contributed by atoms with van der Waals surface area (Å²) in [6, 6.07) is 10.5. The maximum atomic E-state index is 13.2. The molecule has 6 nitrogen and oxygen atoms in total. The summed E-state index contributed by atoms with van der Waals surface area (Å²) < 4.78 is 41.7. The number of fused-ring (bicyclic) bond motifs is 1. The molecule has 1 amide bonds. The summed E-state index contributed by atoms with van der Waals surface area (Å²) >= 11 is 0. The Morgan fingerprint density at radius 2 is 1.70 bits per heavy atom. The molecular formula is C21H20F3N3O3. The first-order valence-electron chi connectivity index (χ1n) is 9.35. The Labute approximate surface area is 169 Å². The molecule has 0 spiro atoms. The van der Waals surface area contributed by atoms with E-state index in [1.807, 2.05) is 6.92 Å². The Hall–Kier alpha value is -3.36. The van der Waals surface area contributed by atoms with Gasteiger partial charge in [-0.05, 0) is 37.6 Å². The van der Waals surface area contributed by atoms with Crippen LogP contribution in [0.5, 0.6) is 0 Å². The van der Waals surface area contributed by atoms with Gasteiger partial charge in [0.1, 0.15) is 6.54 Å². The molecule has 1 atom stereocenters. The van der Waals surface area contributed by atoms with Crippen molar-refractivity contribution in [3.8, 4) is 0 Å². The maximum Gasteiger partial charge on any atom is 0.418 e. The minimum atomic E-state index is -4.64. The molecule has 0 aliphatic carbocycles. The zero-order valence-electron chi connectivity index (χ0n) is 16.4. The van der Waals surface area contributed by atoms with Crippen LogP contribution in [-0.2, 0) is 17.5 Å². The van der Waals surface area contributed by atoms with Crippen molar-refractivity contribution in [3.63, 3.8) is 0 Å². The molecule has 3 aromatic rings.